The Kier molecular flexibility index (Phi) is 11.2. The summed E-state index contributed by atoms with van der Waals surface area (Å²) in [5.41, 5.74) is 4.76. The van der Waals surface area contributed by atoms with Crippen LogP contribution in [0.15, 0.2) is 18.2 Å². The highest BCUT2D eigenvalue weighted by Gasteiger charge is 2.23. The molecule has 0 amide bonds. The van der Waals surface area contributed by atoms with Crippen molar-refractivity contribution in [2.24, 2.45) is 5.92 Å². The average molecular weight is 371 g/mol. The zero-order chi connectivity index (χ0) is 19.3. The smallest absolute Gasteiger partial charge is 0.0159 e. The van der Waals surface area contributed by atoms with E-state index in [9.17, 15) is 0 Å². The highest BCUT2D eigenvalue weighted by molar-refractivity contribution is 5.34. The fourth-order valence-electron chi connectivity index (χ4n) is 5.08. The average Bonchev–Trinajstić information content (AvgIpc) is 2.68. The first kappa shape index (κ1) is 22.5. The molecule has 0 unspecified atom stereocenters. The van der Waals surface area contributed by atoms with Crippen molar-refractivity contribution in [3.8, 4) is 0 Å². The number of benzene rings is 1. The van der Waals surface area contributed by atoms with Crippen LogP contribution in [0.5, 0.6) is 0 Å². The van der Waals surface area contributed by atoms with Crippen LogP contribution < -0.4 is 0 Å². The van der Waals surface area contributed by atoms with Gasteiger partial charge in [0, 0.05) is 0 Å². The molecular weight excluding hydrogens is 324 g/mol. The number of hydrogen-bond acceptors (Lipinski definition) is 0. The molecule has 0 bridgehead atoms. The molecule has 1 fully saturated rings. The molecule has 1 aromatic rings. The molecule has 0 heterocycles. The van der Waals surface area contributed by atoms with E-state index in [-0.39, 0.29) is 0 Å². The van der Waals surface area contributed by atoms with Gasteiger partial charge in [-0.1, -0.05) is 96.3 Å². The molecule has 1 saturated carbocycles. The third kappa shape index (κ3) is 8.41. The van der Waals surface area contributed by atoms with E-state index in [1.807, 2.05) is 0 Å². The van der Waals surface area contributed by atoms with Crippen molar-refractivity contribution >= 4 is 0 Å². The molecule has 0 spiro atoms. The molecule has 154 valence electrons. The highest BCUT2D eigenvalue weighted by atomic mass is 14.3. The molecule has 0 nitrogen and oxygen atoms in total. The van der Waals surface area contributed by atoms with Gasteiger partial charge in [-0.3, -0.25) is 0 Å². The van der Waals surface area contributed by atoms with E-state index in [1.54, 1.807) is 16.7 Å². The van der Waals surface area contributed by atoms with E-state index in [0.717, 1.165) is 11.8 Å². The van der Waals surface area contributed by atoms with Crippen molar-refractivity contribution in [2.45, 2.75) is 129 Å². The number of aryl methyl sites for hydroxylation is 2. The van der Waals surface area contributed by atoms with E-state index in [4.69, 9.17) is 0 Å². The first-order valence-electron chi connectivity index (χ1n) is 12.3. The van der Waals surface area contributed by atoms with E-state index < -0.39 is 0 Å². The second-order valence-electron chi connectivity index (χ2n) is 9.28. The summed E-state index contributed by atoms with van der Waals surface area (Å²) in [4.78, 5) is 0. The summed E-state index contributed by atoms with van der Waals surface area (Å²) in [6.45, 7) is 6.95. The van der Waals surface area contributed by atoms with Crippen LogP contribution in [0.2, 0.25) is 0 Å². The zero-order valence-electron chi connectivity index (χ0n) is 18.7. The molecule has 1 aliphatic rings. The normalized spacial score (nSPS) is 20.1. The largest absolute Gasteiger partial charge is 0.0654 e. The van der Waals surface area contributed by atoms with Gasteiger partial charge in [0.2, 0.25) is 0 Å². The van der Waals surface area contributed by atoms with Gasteiger partial charge in [-0.25, -0.2) is 0 Å². The fraction of sp³-hybridized carbons (Fsp3) is 0.778. The van der Waals surface area contributed by atoms with Crippen molar-refractivity contribution in [2.75, 3.05) is 0 Å². The number of hydrogen-bond donors (Lipinski definition) is 0. The van der Waals surface area contributed by atoms with E-state index >= 15 is 0 Å². The van der Waals surface area contributed by atoms with Gasteiger partial charge >= 0.3 is 0 Å². The predicted octanol–water partition coefficient (Wildman–Crippen LogP) is 9.14. The Morgan fingerprint density at radius 3 is 2.04 bits per heavy atom. The Morgan fingerprint density at radius 2 is 1.37 bits per heavy atom. The van der Waals surface area contributed by atoms with Crippen molar-refractivity contribution in [3.05, 3.63) is 34.9 Å². The maximum atomic E-state index is 2.48. The van der Waals surface area contributed by atoms with E-state index in [2.05, 4.69) is 39.0 Å². The van der Waals surface area contributed by atoms with Crippen molar-refractivity contribution < 1.29 is 0 Å². The Morgan fingerprint density at radius 1 is 0.741 bits per heavy atom. The first-order chi connectivity index (χ1) is 13.2. The zero-order valence-corrected chi connectivity index (χ0v) is 18.7. The maximum absolute atomic E-state index is 2.48. The van der Waals surface area contributed by atoms with Crippen LogP contribution in [0, 0.1) is 12.8 Å². The Hall–Kier alpha value is -0.780. The second-order valence-corrected chi connectivity index (χ2v) is 9.28. The molecule has 1 aliphatic carbocycles. The Bertz CT molecular complexity index is 493. The standard InChI is InChI=1S/C27H46/c1-4-6-8-9-10-11-13-14-24-16-19-26(20-17-24)27-21-18-25(22-23(27)3)15-12-7-5-2/h18,21-22,24,26H,4-17,19-20H2,1-3H3. The monoisotopic (exact) mass is 370 g/mol. The summed E-state index contributed by atoms with van der Waals surface area (Å²) >= 11 is 0. The molecule has 0 radical (unpaired) electrons. The molecule has 1 aromatic carbocycles. The van der Waals surface area contributed by atoms with Gasteiger partial charge in [-0.05, 0) is 74.0 Å². The lowest BCUT2D eigenvalue weighted by Gasteiger charge is -2.30. The molecule has 27 heavy (non-hydrogen) atoms. The summed E-state index contributed by atoms with van der Waals surface area (Å²) in [6, 6.07) is 7.37. The first-order valence-corrected chi connectivity index (χ1v) is 12.3. The van der Waals surface area contributed by atoms with Gasteiger partial charge in [-0.2, -0.15) is 0 Å². The highest BCUT2D eigenvalue weighted by Crippen LogP contribution is 2.39. The summed E-state index contributed by atoms with van der Waals surface area (Å²) in [5.74, 6) is 1.85. The molecule has 0 aromatic heterocycles. The minimum absolute atomic E-state index is 0.833. The van der Waals surface area contributed by atoms with Crippen LogP contribution in [0.4, 0.5) is 0 Å². The molecule has 0 atom stereocenters. The molecule has 0 aliphatic heterocycles. The third-order valence-corrected chi connectivity index (χ3v) is 6.91. The molecule has 2 rings (SSSR count). The third-order valence-electron chi connectivity index (χ3n) is 6.91. The van der Waals surface area contributed by atoms with Crippen LogP contribution in [0.1, 0.15) is 133 Å². The van der Waals surface area contributed by atoms with Gasteiger partial charge in [0.15, 0.2) is 0 Å². The Balaban J connectivity index is 1.66. The molecule has 0 N–H and O–H groups in total. The van der Waals surface area contributed by atoms with Crippen LogP contribution in [0.3, 0.4) is 0 Å². The van der Waals surface area contributed by atoms with Gasteiger partial charge < -0.3 is 0 Å². The number of rotatable bonds is 13. The van der Waals surface area contributed by atoms with Crippen molar-refractivity contribution in [1.29, 1.82) is 0 Å². The summed E-state index contributed by atoms with van der Waals surface area (Å²) < 4.78 is 0. The molecular formula is C27H46. The molecule has 0 saturated heterocycles. The summed E-state index contributed by atoms with van der Waals surface area (Å²) in [7, 11) is 0. The number of unbranched alkanes of at least 4 members (excludes halogenated alkanes) is 8. The maximum Gasteiger partial charge on any atom is -0.0159 e. The lowest BCUT2D eigenvalue weighted by Crippen LogP contribution is -2.14. The van der Waals surface area contributed by atoms with Crippen LogP contribution in [0.25, 0.3) is 0 Å². The van der Waals surface area contributed by atoms with E-state index in [1.165, 1.54) is 103 Å². The van der Waals surface area contributed by atoms with Gasteiger partial charge in [-0.15, -0.1) is 0 Å². The van der Waals surface area contributed by atoms with Gasteiger partial charge in [0.05, 0.1) is 0 Å². The van der Waals surface area contributed by atoms with Crippen molar-refractivity contribution in [1.82, 2.24) is 0 Å². The van der Waals surface area contributed by atoms with Crippen LogP contribution in [-0.4, -0.2) is 0 Å². The van der Waals surface area contributed by atoms with Crippen LogP contribution in [-0.2, 0) is 6.42 Å². The van der Waals surface area contributed by atoms with E-state index in [0.29, 0.717) is 0 Å². The SMILES string of the molecule is CCCCCCCCCC1CCC(c2ccc(CCCCC)cc2C)CC1. The van der Waals surface area contributed by atoms with Gasteiger partial charge in [0.25, 0.3) is 0 Å². The minimum Gasteiger partial charge on any atom is -0.0654 e. The van der Waals surface area contributed by atoms with Crippen LogP contribution >= 0.6 is 0 Å². The predicted molar refractivity (Wildman–Crippen MR) is 122 cm³/mol. The second kappa shape index (κ2) is 13.4. The van der Waals surface area contributed by atoms with Crippen molar-refractivity contribution in [3.63, 3.8) is 0 Å². The lowest BCUT2D eigenvalue weighted by molar-refractivity contribution is 0.301. The Labute approximate surface area is 170 Å². The fourth-order valence-corrected chi connectivity index (χ4v) is 5.08. The molecule has 0 heteroatoms. The topological polar surface area (TPSA) is 0 Å². The van der Waals surface area contributed by atoms with Gasteiger partial charge in [0.1, 0.15) is 0 Å². The summed E-state index contributed by atoms with van der Waals surface area (Å²) in [6.07, 6.45) is 22.7. The minimum atomic E-state index is 0.833. The quantitative estimate of drug-likeness (QED) is 0.304. The lowest BCUT2D eigenvalue weighted by atomic mass is 9.76. The summed E-state index contributed by atoms with van der Waals surface area (Å²) in [5, 5.41) is 0.